The van der Waals surface area contributed by atoms with Crippen molar-refractivity contribution in [3.05, 3.63) is 35.2 Å². The quantitative estimate of drug-likeness (QED) is 0.723. The van der Waals surface area contributed by atoms with Crippen molar-refractivity contribution in [2.24, 2.45) is 0 Å². The van der Waals surface area contributed by atoms with Gasteiger partial charge in [0.1, 0.15) is 0 Å². The van der Waals surface area contributed by atoms with Gasteiger partial charge in [-0.25, -0.2) is 9.97 Å². The number of nitrogens with one attached hydrogen (secondary N) is 2. The Morgan fingerprint density at radius 1 is 1.21 bits per heavy atom. The zero-order valence-corrected chi connectivity index (χ0v) is 10.1. The zero-order chi connectivity index (χ0) is 13.2. The van der Waals surface area contributed by atoms with E-state index in [-0.39, 0.29) is 16.8 Å². The minimum atomic E-state index is -0.569. The van der Waals surface area contributed by atoms with E-state index in [1.54, 1.807) is 12.1 Å². The molecule has 0 saturated heterocycles. The van der Waals surface area contributed by atoms with Crippen LogP contribution in [0.2, 0.25) is 5.15 Å². The van der Waals surface area contributed by atoms with Crippen molar-refractivity contribution in [2.75, 3.05) is 5.32 Å². The lowest BCUT2D eigenvalue weighted by atomic mass is 10.3. The van der Waals surface area contributed by atoms with Gasteiger partial charge in [-0.05, 0) is 17.3 Å². The summed E-state index contributed by atoms with van der Waals surface area (Å²) >= 11 is 5.96. The molecule has 1 aromatic carbocycles. The van der Waals surface area contributed by atoms with Gasteiger partial charge in [-0.1, -0.05) is 23.7 Å². The molecule has 0 spiro atoms. The largest absolute Gasteiger partial charge is 0.301 e. The number of anilines is 1. The van der Waals surface area contributed by atoms with Crippen LogP contribution in [-0.2, 0) is 0 Å². The standard InChI is InChI=1S/C10H6ClN7O/c11-7-8(14-10(19)9-15-17-18-16-9)13-6-4-2-1-3-5(6)12-7/h1-4H,(H,13,14,19)(H,15,16,17,18). The fourth-order valence-electron chi connectivity index (χ4n) is 1.48. The van der Waals surface area contributed by atoms with Crippen LogP contribution in [-0.4, -0.2) is 36.5 Å². The van der Waals surface area contributed by atoms with Gasteiger partial charge in [-0.15, -0.1) is 10.2 Å². The Hall–Kier alpha value is -2.61. The van der Waals surface area contributed by atoms with Crippen LogP contribution >= 0.6 is 11.6 Å². The first kappa shape index (κ1) is 11.5. The molecule has 0 aliphatic rings. The molecule has 0 unspecified atom stereocenters. The minimum Gasteiger partial charge on any atom is -0.301 e. The first-order valence-corrected chi connectivity index (χ1v) is 5.59. The van der Waals surface area contributed by atoms with Gasteiger partial charge in [0.05, 0.1) is 11.0 Å². The zero-order valence-electron chi connectivity index (χ0n) is 9.33. The lowest BCUT2D eigenvalue weighted by Crippen LogP contribution is -2.15. The molecule has 3 rings (SSSR count). The number of amides is 1. The highest BCUT2D eigenvalue weighted by molar-refractivity contribution is 6.32. The van der Waals surface area contributed by atoms with Crippen LogP contribution in [0.3, 0.4) is 0 Å². The molecule has 2 aromatic heterocycles. The van der Waals surface area contributed by atoms with Gasteiger partial charge in [-0.3, -0.25) is 4.79 Å². The molecule has 3 aromatic rings. The van der Waals surface area contributed by atoms with Gasteiger partial charge < -0.3 is 5.32 Å². The molecule has 0 aliphatic heterocycles. The highest BCUT2D eigenvalue weighted by atomic mass is 35.5. The number of fused-ring (bicyclic) bond motifs is 1. The number of para-hydroxylation sites is 2. The van der Waals surface area contributed by atoms with Crippen LogP contribution in [0.4, 0.5) is 5.82 Å². The average Bonchev–Trinajstić information content (AvgIpc) is 2.93. The summed E-state index contributed by atoms with van der Waals surface area (Å²) in [5, 5.41) is 15.1. The van der Waals surface area contributed by atoms with Crippen LogP contribution in [0.5, 0.6) is 0 Å². The Labute approximate surface area is 111 Å². The van der Waals surface area contributed by atoms with Crippen LogP contribution in [0, 0.1) is 0 Å². The highest BCUT2D eigenvalue weighted by Gasteiger charge is 2.15. The van der Waals surface area contributed by atoms with Crippen molar-refractivity contribution in [1.29, 1.82) is 0 Å². The number of hydrogen-bond donors (Lipinski definition) is 2. The molecule has 2 N–H and O–H groups in total. The SMILES string of the molecule is O=C(Nc1nc2ccccc2nc1Cl)c1nn[nH]n1. The second kappa shape index (κ2) is 4.58. The number of benzene rings is 1. The summed E-state index contributed by atoms with van der Waals surface area (Å²) in [4.78, 5) is 20.1. The maximum absolute atomic E-state index is 11.7. The smallest absolute Gasteiger partial charge is 0.298 e. The van der Waals surface area contributed by atoms with Crippen molar-refractivity contribution < 1.29 is 4.79 Å². The van der Waals surface area contributed by atoms with Crippen molar-refractivity contribution in [1.82, 2.24) is 30.6 Å². The summed E-state index contributed by atoms with van der Waals surface area (Å²) in [6, 6.07) is 7.18. The number of rotatable bonds is 2. The third-order valence-electron chi connectivity index (χ3n) is 2.31. The summed E-state index contributed by atoms with van der Waals surface area (Å²) in [5.41, 5.74) is 1.26. The molecule has 2 heterocycles. The van der Waals surface area contributed by atoms with Crippen molar-refractivity contribution >= 4 is 34.4 Å². The van der Waals surface area contributed by atoms with E-state index >= 15 is 0 Å². The summed E-state index contributed by atoms with van der Waals surface area (Å²) in [7, 11) is 0. The molecule has 9 heteroatoms. The average molecular weight is 276 g/mol. The molecule has 1 amide bonds. The monoisotopic (exact) mass is 275 g/mol. The molecule has 0 atom stereocenters. The summed E-state index contributed by atoms with van der Waals surface area (Å²) in [6.45, 7) is 0. The number of aromatic nitrogens is 6. The van der Waals surface area contributed by atoms with E-state index in [0.717, 1.165) is 0 Å². The molecule has 94 valence electrons. The number of aromatic amines is 1. The van der Waals surface area contributed by atoms with Gasteiger partial charge in [0.25, 0.3) is 11.7 Å². The third-order valence-corrected chi connectivity index (χ3v) is 2.57. The second-order valence-electron chi connectivity index (χ2n) is 3.54. The number of carbonyl (C=O) groups is 1. The number of carbonyl (C=O) groups excluding carboxylic acids is 1. The first-order chi connectivity index (χ1) is 9.24. The lowest BCUT2D eigenvalue weighted by Gasteiger charge is -2.05. The van der Waals surface area contributed by atoms with Gasteiger partial charge in [0.2, 0.25) is 0 Å². The predicted octanol–water partition coefficient (Wildman–Crippen LogP) is 1.05. The normalized spacial score (nSPS) is 10.6. The Morgan fingerprint density at radius 3 is 2.63 bits per heavy atom. The van der Waals surface area contributed by atoms with E-state index in [9.17, 15) is 4.79 Å². The fourth-order valence-corrected chi connectivity index (χ4v) is 1.66. The molecule has 0 saturated carbocycles. The number of H-pyrrole nitrogens is 1. The van der Waals surface area contributed by atoms with E-state index in [4.69, 9.17) is 11.6 Å². The lowest BCUT2D eigenvalue weighted by molar-refractivity contribution is 0.101. The first-order valence-electron chi connectivity index (χ1n) is 5.21. The Balaban J connectivity index is 1.96. The van der Waals surface area contributed by atoms with Crippen molar-refractivity contribution in [2.45, 2.75) is 0 Å². The van der Waals surface area contributed by atoms with E-state index in [0.29, 0.717) is 11.0 Å². The fraction of sp³-hybridized carbons (Fsp3) is 0. The van der Waals surface area contributed by atoms with Crippen LogP contribution in [0.15, 0.2) is 24.3 Å². The van der Waals surface area contributed by atoms with Gasteiger partial charge in [0, 0.05) is 0 Å². The van der Waals surface area contributed by atoms with Crippen LogP contribution in [0.25, 0.3) is 11.0 Å². The summed E-state index contributed by atoms with van der Waals surface area (Å²) in [5.74, 6) is -0.526. The molecule has 8 nitrogen and oxygen atoms in total. The third kappa shape index (κ3) is 2.20. The predicted molar refractivity (Wildman–Crippen MR) is 66.7 cm³/mol. The molecular weight excluding hydrogens is 270 g/mol. The van der Waals surface area contributed by atoms with Crippen LogP contribution < -0.4 is 5.32 Å². The van der Waals surface area contributed by atoms with Gasteiger partial charge in [-0.2, -0.15) is 5.21 Å². The molecule has 0 aliphatic carbocycles. The number of hydrogen-bond acceptors (Lipinski definition) is 6. The van der Waals surface area contributed by atoms with E-state index < -0.39 is 5.91 Å². The topological polar surface area (TPSA) is 109 Å². The van der Waals surface area contributed by atoms with E-state index in [1.165, 1.54) is 0 Å². The highest BCUT2D eigenvalue weighted by Crippen LogP contribution is 2.21. The molecular formula is C10H6ClN7O. The molecule has 0 fully saturated rings. The van der Waals surface area contributed by atoms with E-state index in [1.807, 2.05) is 12.1 Å². The second-order valence-corrected chi connectivity index (χ2v) is 3.90. The maximum atomic E-state index is 11.7. The Morgan fingerprint density at radius 2 is 1.95 bits per heavy atom. The Bertz CT molecular complexity index is 743. The van der Waals surface area contributed by atoms with Crippen LogP contribution in [0.1, 0.15) is 10.6 Å². The minimum absolute atomic E-state index is 0.0931. The van der Waals surface area contributed by atoms with Crippen molar-refractivity contribution in [3.8, 4) is 0 Å². The number of halogens is 1. The van der Waals surface area contributed by atoms with Gasteiger partial charge >= 0.3 is 0 Å². The number of nitrogens with zero attached hydrogens (tertiary/aromatic N) is 5. The summed E-state index contributed by atoms with van der Waals surface area (Å²) in [6.07, 6.45) is 0. The van der Waals surface area contributed by atoms with Crippen molar-refractivity contribution in [3.63, 3.8) is 0 Å². The molecule has 0 bridgehead atoms. The Kier molecular flexibility index (Phi) is 2.76. The summed E-state index contributed by atoms with van der Waals surface area (Å²) < 4.78 is 0. The van der Waals surface area contributed by atoms with E-state index in [2.05, 4.69) is 35.9 Å². The van der Waals surface area contributed by atoms with Gasteiger partial charge in [0.15, 0.2) is 11.0 Å². The molecule has 0 radical (unpaired) electrons. The molecule has 19 heavy (non-hydrogen) atoms. The number of tetrazole rings is 1. The maximum Gasteiger partial charge on any atom is 0.298 e.